The highest BCUT2D eigenvalue weighted by Crippen LogP contribution is 2.14. The number of nitrogens with two attached hydrogens (primary N) is 2. The molecular formula is C13H20N3O. The van der Waals surface area contributed by atoms with Crippen LogP contribution in [0.1, 0.15) is 31.2 Å². The molecule has 0 aliphatic carbocycles. The summed E-state index contributed by atoms with van der Waals surface area (Å²) in [6.07, 6.45) is 3.37. The maximum absolute atomic E-state index is 11.6. The summed E-state index contributed by atoms with van der Waals surface area (Å²) in [6, 6.07) is 8.34. The Hall–Kier alpha value is -1.39. The first-order valence-electron chi connectivity index (χ1n) is 5.97. The van der Waals surface area contributed by atoms with Crippen molar-refractivity contribution in [3.05, 3.63) is 29.8 Å². The van der Waals surface area contributed by atoms with Crippen LogP contribution in [0.15, 0.2) is 18.2 Å². The summed E-state index contributed by atoms with van der Waals surface area (Å²) in [6.45, 7) is 1.10. The lowest BCUT2D eigenvalue weighted by Gasteiger charge is -2.09. The molecule has 1 amide bonds. The molecule has 0 bridgehead atoms. The van der Waals surface area contributed by atoms with Gasteiger partial charge in [0.15, 0.2) is 0 Å². The monoisotopic (exact) mass is 234 g/mol. The number of carbonyl (C=O) groups is 1. The molecule has 0 atom stereocenters. The molecule has 0 unspecified atom stereocenters. The quantitative estimate of drug-likeness (QED) is 0.624. The van der Waals surface area contributed by atoms with E-state index >= 15 is 0 Å². The van der Waals surface area contributed by atoms with E-state index in [-0.39, 0.29) is 5.91 Å². The molecule has 0 saturated heterocycles. The second-order valence-corrected chi connectivity index (χ2v) is 3.93. The van der Waals surface area contributed by atoms with Gasteiger partial charge in [-0.3, -0.25) is 4.79 Å². The lowest BCUT2D eigenvalue weighted by Crippen LogP contribution is -2.13. The zero-order valence-corrected chi connectivity index (χ0v) is 10.0. The SMILES string of the molecule is NCCCCCC(=O)Nc1c[c]ccc1CN. The van der Waals surface area contributed by atoms with Crippen molar-refractivity contribution in [1.82, 2.24) is 0 Å². The van der Waals surface area contributed by atoms with Gasteiger partial charge in [-0.15, -0.1) is 0 Å². The molecule has 0 aromatic heterocycles. The van der Waals surface area contributed by atoms with E-state index in [0.717, 1.165) is 30.5 Å². The third-order valence-corrected chi connectivity index (χ3v) is 2.56. The van der Waals surface area contributed by atoms with Crippen molar-refractivity contribution in [2.75, 3.05) is 11.9 Å². The minimum absolute atomic E-state index is 0.0244. The predicted molar refractivity (Wildman–Crippen MR) is 69.3 cm³/mol. The number of nitrogens with one attached hydrogen (secondary N) is 1. The second kappa shape index (κ2) is 7.81. The maximum Gasteiger partial charge on any atom is 0.224 e. The Bertz CT molecular complexity index is 352. The molecule has 17 heavy (non-hydrogen) atoms. The summed E-state index contributed by atoms with van der Waals surface area (Å²) >= 11 is 0. The minimum atomic E-state index is 0.0244. The van der Waals surface area contributed by atoms with Crippen LogP contribution >= 0.6 is 0 Å². The van der Waals surface area contributed by atoms with E-state index in [2.05, 4.69) is 11.4 Å². The normalized spacial score (nSPS) is 10.2. The van der Waals surface area contributed by atoms with Gasteiger partial charge in [0.05, 0.1) is 0 Å². The number of hydrogen-bond acceptors (Lipinski definition) is 3. The molecule has 5 N–H and O–H groups in total. The predicted octanol–water partition coefficient (Wildman–Crippen LogP) is 1.40. The Morgan fingerprint density at radius 2 is 2.12 bits per heavy atom. The van der Waals surface area contributed by atoms with Crippen LogP contribution in [0.2, 0.25) is 0 Å². The third-order valence-electron chi connectivity index (χ3n) is 2.56. The molecule has 93 valence electrons. The highest BCUT2D eigenvalue weighted by molar-refractivity contribution is 5.91. The average molecular weight is 234 g/mol. The zero-order chi connectivity index (χ0) is 12.5. The highest BCUT2D eigenvalue weighted by Gasteiger charge is 2.05. The number of anilines is 1. The molecule has 0 spiro atoms. The van der Waals surface area contributed by atoms with Crippen molar-refractivity contribution < 1.29 is 4.79 Å². The van der Waals surface area contributed by atoms with Crippen molar-refractivity contribution >= 4 is 11.6 Å². The van der Waals surface area contributed by atoms with Gasteiger partial charge in [0.2, 0.25) is 5.91 Å². The first-order chi connectivity index (χ1) is 8.27. The van der Waals surface area contributed by atoms with E-state index in [1.165, 1.54) is 0 Å². The molecule has 1 aromatic carbocycles. The van der Waals surface area contributed by atoms with E-state index in [4.69, 9.17) is 11.5 Å². The summed E-state index contributed by atoms with van der Waals surface area (Å²) < 4.78 is 0. The van der Waals surface area contributed by atoms with Gasteiger partial charge in [0, 0.05) is 18.7 Å². The van der Waals surface area contributed by atoms with Crippen LogP contribution in [-0.2, 0) is 11.3 Å². The topological polar surface area (TPSA) is 81.1 Å². The fourth-order valence-corrected chi connectivity index (χ4v) is 1.58. The Labute approximate surface area is 102 Å². The molecule has 1 aromatic rings. The summed E-state index contributed by atoms with van der Waals surface area (Å²) in [4.78, 5) is 11.6. The fraction of sp³-hybridized carbons (Fsp3) is 0.462. The van der Waals surface area contributed by atoms with Crippen LogP contribution in [0.5, 0.6) is 0 Å². The van der Waals surface area contributed by atoms with Crippen LogP contribution < -0.4 is 16.8 Å². The minimum Gasteiger partial charge on any atom is -0.330 e. The summed E-state index contributed by atoms with van der Waals surface area (Å²) in [5.41, 5.74) is 12.7. The van der Waals surface area contributed by atoms with Gasteiger partial charge < -0.3 is 16.8 Å². The van der Waals surface area contributed by atoms with E-state index in [1.54, 1.807) is 12.1 Å². The number of rotatable bonds is 7. The van der Waals surface area contributed by atoms with Gasteiger partial charge in [-0.1, -0.05) is 18.6 Å². The molecule has 0 aliphatic heterocycles. The van der Waals surface area contributed by atoms with Gasteiger partial charge in [-0.05, 0) is 37.1 Å². The van der Waals surface area contributed by atoms with Crippen LogP contribution in [-0.4, -0.2) is 12.5 Å². The fourth-order valence-electron chi connectivity index (χ4n) is 1.58. The summed E-state index contributed by atoms with van der Waals surface area (Å²) in [5, 5.41) is 2.86. The van der Waals surface area contributed by atoms with Crippen LogP contribution in [0.4, 0.5) is 5.69 Å². The Morgan fingerprint density at radius 3 is 2.82 bits per heavy atom. The van der Waals surface area contributed by atoms with Gasteiger partial charge >= 0.3 is 0 Å². The average Bonchev–Trinajstić information content (AvgIpc) is 2.35. The number of carbonyl (C=O) groups excluding carboxylic acids is 1. The van der Waals surface area contributed by atoms with Crippen LogP contribution in [0, 0.1) is 6.07 Å². The maximum atomic E-state index is 11.6. The number of unbranched alkanes of at least 4 members (excludes halogenated alkanes) is 2. The summed E-state index contributed by atoms with van der Waals surface area (Å²) in [5.74, 6) is 0.0244. The standard InChI is InChI=1S/C13H20N3O/c14-9-5-1-2-8-13(17)16-12-7-4-3-6-11(12)10-15/h3,6-7H,1-2,5,8-10,14-15H2,(H,16,17). The lowest BCUT2D eigenvalue weighted by molar-refractivity contribution is -0.116. The number of hydrogen-bond donors (Lipinski definition) is 3. The van der Waals surface area contributed by atoms with Crippen LogP contribution in [0.25, 0.3) is 0 Å². The molecule has 4 heteroatoms. The van der Waals surface area contributed by atoms with Crippen molar-refractivity contribution in [3.63, 3.8) is 0 Å². The molecular weight excluding hydrogens is 214 g/mol. The van der Waals surface area contributed by atoms with E-state index in [0.29, 0.717) is 19.5 Å². The largest absolute Gasteiger partial charge is 0.330 e. The first kappa shape index (κ1) is 13.7. The van der Waals surface area contributed by atoms with Crippen molar-refractivity contribution in [3.8, 4) is 0 Å². The number of benzene rings is 1. The molecule has 0 saturated carbocycles. The molecule has 4 nitrogen and oxygen atoms in total. The molecule has 0 aliphatic rings. The Kier molecular flexibility index (Phi) is 6.29. The Balaban J connectivity index is 2.39. The van der Waals surface area contributed by atoms with Crippen LogP contribution in [0.3, 0.4) is 0 Å². The number of amides is 1. The molecule has 0 heterocycles. The van der Waals surface area contributed by atoms with Gasteiger partial charge in [0.25, 0.3) is 0 Å². The van der Waals surface area contributed by atoms with Crippen molar-refractivity contribution in [1.29, 1.82) is 0 Å². The van der Waals surface area contributed by atoms with Crippen molar-refractivity contribution in [2.24, 2.45) is 11.5 Å². The van der Waals surface area contributed by atoms with E-state index in [1.807, 2.05) is 6.07 Å². The molecule has 1 radical (unpaired) electrons. The van der Waals surface area contributed by atoms with E-state index < -0.39 is 0 Å². The zero-order valence-electron chi connectivity index (χ0n) is 10.0. The lowest BCUT2D eigenvalue weighted by atomic mass is 10.1. The molecule has 0 fully saturated rings. The van der Waals surface area contributed by atoms with Crippen molar-refractivity contribution in [2.45, 2.75) is 32.2 Å². The highest BCUT2D eigenvalue weighted by atomic mass is 16.1. The third kappa shape index (κ3) is 4.97. The van der Waals surface area contributed by atoms with E-state index in [9.17, 15) is 4.79 Å². The summed E-state index contributed by atoms with van der Waals surface area (Å²) in [7, 11) is 0. The van der Waals surface area contributed by atoms with Gasteiger partial charge in [0.1, 0.15) is 0 Å². The first-order valence-corrected chi connectivity index (χ1v) is 5.97. The van der Waals surface area contributed by atoms with Gasteiger partial charge in [-0.2, -0.15) is 0 Å². The second-order valence-electron chi connectivity index (χ2n) is 3.93. The van der Waals surface area contributed by atoms with Gasteiger partial charge in [-0.25, -0.2) is 0 Å². The smallest absolute Gasteiger partial charge is 0.224 e. The Morgan fingerprint density at radius 1 is 1.29 bits per heavy atom. The molecule has 1 rings (SSSR count).